The number of rotatable bonds is 4. The summed E-state index contributed by atoms with van der Waals surface area (Å²) < 4.78 is 4.83. The maximum atomic E-state index is 11.2. The van der Waals surface area contributed by atoms with E-state index in [2.05, 4.69) is 17.9 Å². The number of hydrogen-bond donors (Lipinski definition) is 2. The fourth-order valence-electron chi connectivity index (χ4n) is 1.17. The van der Waals surface area contributed by atoms with Crippen LogP contribution in [0.3, 0.4) is 0 Å². The molecule has 0 saturated heterocycles. The van der Waals surface area contributed by atoms with Crippen molar-refractivity contribution in [1.29, 1.82) is 0 Å². The summed E-state index contributed by atoms with van der Waals surface area (Å²) in [5, 5.41) is 12.7. The highest BCUT2D eigenvalue weighted by Crippen LogP contribution is 2.18. The second kappa shape index (κ2) is 6.09. The zero-order chi connectivity index (χ0) is 12.8. The fourth-order valence-corrected chi connectivity index (χ4v) is 1.27. The molecule has 0 fully saturated rings. The van der Waals surface area contributed by atoms with Gasteiger partial charge in [0.2, 0.25) is 0 Å². The molecule has 17 heavy (non-hydrogen) atoms. The number of nitro benzene ring substituents is 1. The van der Waals surface area contributed by atoms with Gasteiger partial charge in [0.1, 0.15) is 6.61 Å². The molecule has 7 heteroatoms. The number of nitrogens with one attached hydrogen (secondary N) is 1. The Bertz CT molecular complexity index is 423. The molecule has 0 saturated carbocycles. The maximum absolute atomic E-state index is 11.2. The van der Waals surface area contributed by atoms with Gasteiger partial charge in [0.05, 0.1) is 15.9 Å². The summed E-state index contributed by atoms with van der Waals surface area (Å²) in [5.41, 5.74) is 0.277. The number of amides is 1. The second-order valence-electron chi connectivity index (χ2n) is 3.28. The zero-order valence-electron chi connectivity index (χ0n) is 9.12. The van der Waals surface area contributed by atoms with Crippen molar-refractivity contribution >= 4 is 24.4 Å². The van der Waals surface area contributed by atoms with E-state index in [1.165, 1.54) is 12.1 Å². The smallest absolute Gasteiger partial charge is 0.408 e. The summed E-state index contributed by atoms with van der Waals surface area (Å²) in [6, 6.07) is 6.09. The lowest BCUT2D eigenvalue weighted by molar-refractivity contribution is -0.385. The first-order valence-corrected chi connectivity index (χ1v) is 5.36. The Morgan fingerprint density at radius 2 is 2.24 bits per heavy atom. The molecule has 1 aromatic carbocycles. The van der Waals surface area contributed by atoms with Crippen molar-refractivity contribution in [3.05, 3.63) is 39.9 Å². The first kappa shape index (κ1) is 13.3. The molecule has 0 spiro atoms. The number of hydrogen-bond acceptors (Lipinski definition) is 5. The Hall–Kier alpha value is -1.76. The van der Waals surface area contributed by atoms with Gasteiger partial charge < -0.3 is 10.1 Å². The summed E-state index contributed by atoms with van der Waals surface area (Å²) in [5.74, 6) is 0. The van der Waals surface area contributed by atoms with E-state index in [1.807, 2.05) is 0 Å². The Labute approximate surface area is 104 Å². The van der Waals surface area contributed by atoms with Crippen LogP contribution in [-0.2, 0) is 11.3 Å². The van der Waals surface area contributed by atoms with Crippen molar-refractivity contribution in [3.8, 4) is 0 Å². The van der Waals surface area contributed by atoms with Crippen LogP contribution in [0.25, 0.3) is 0 Å². The van der Waals surface area contributed by atoms with Crippen molar-refractivity contribution in [3.63, 3.8) is 0 Å². The molecule has 0 aliphatic carbocycles. The second-order valence-corrected chi connectivity index (χ2v) is 4.06. The van der Waals surface area contributed by atoms with Crippen LogP contribution in [0.5, 0.6) is 0 Å². The summed E-state index contributed by atoms with van der Waals surface area (Å²) in [6.45, 7) is 1.51. The average Bonchev–Trinajstić information content (AvgIpc) is 2.25. The average molecular weight is 256 g/mol. The summed E-state index contributed by atoms with van der Waals surface area (Å²) >= 11 is 3.95. The number of thiol groups is 1. The van der Waals surface area contributed by atoms with Crippen LogP contribution < -0.4 is 5.32 Å². The SMILES string of the molecule is CC(S)NC(=O)OCc1ccccc1[N+](=O)[O-]. The molecule has 1 amide bonds. The van der Waals surface area contributed by atoms with Gasteiger partial charge in [-0.05, 0) is 13.0 Å². The van der Waals surface area contributed by atoms with Crippen LogP contribution in [0, 0.1) is 10.1 Å². The van der Waals surface area contributed by atoms with Gasteiger partial charge in [-0.3, -0.25) is 10.1 Å². The highest BCUT2D eigenvalue weighted by Gasteiger charge is 2.14. The fraction of sp³-hybridized carbons (Fsp3) is 0.300. The largest absolute Gasteiger partial charge is 0.444 e. The predicted molar refractivity (Wildman–Crippen MR) is 64.9 cm³/mol. The minimum atomic E-state index is -0.661. The van der Waals surface area contributed by atoms with E-state index in [4.69, 9.17) is 4.74 Å². The van der Waals surface area contributed by atoms with Crippen LogP contribution in [-0.4, -0.2) is 16.4 Å². The molecular formula is C10H12N2O4S. The molecule has 1 unspecified atom stereocenters. The Morgan fingerprint density at radius 1 is 1.59 bits per heavy atom. The monoisotopic (exact) mass is 256 g/mol. The first-order chi connectivity index (χ1) is 8.00. The molecule has 1 aromatic rings. The maximum Gasteiger partial charge on any atom is 0.408 e. The Morgan fingerprint density at radius 3 is 2.82 bits per heavy atom. The number of benzene rings is 1. The van der Waals surface area contributed by atoms with E-state index in [9.17, 15) is 14.9 Å². The third kappa shape index (κ3) is 4.31. The van der Waals surface area contributed by atoms with Crippen LogP contribution in [0.4, 0.5) is 10.5 Å². The number of carbonyl (C=O) groups excluding carboxylic acids is 1. The van der Waals surface area contributed by atoms with Gasteiger partial charge in [-0.15, -0.1) is 0 Å². The van der Waals surface area contributed by atoms with E-state index in [0.717, 1.165) is 0 Å². The molecule has 0 heterocycles. The van der Waals surface area contributed by atoms with Gasteiger partial charge in [-0.1, -0.05) is 12.1 Å². The predicted octanol–water partition coefficient (Wildman–Crippen LogP) is 2.10. The van der Waals surface area contributed by atoms with Crippen molar-refractivity contribution in [1.82, 2.24) is 5.32 Å². The van der Waals surface area contributed by atoms with Crippen molar-refractivity contribution < 1.29 is 14.5 Å². The number of para-hydroxylation sites is 1. The van der Waals surface area contributed by atoms with Crippen LogP contribution in [0.15, 0.2) is 24.3 Å². The third-order valence-electron chi connectivity index (χ3n) is 1.87. The highest BCUT2D eigenvalue weighted by atomic mass is 32.1. The number of carbonyl (C=O) groups is 1. The van der Waals surface area contributed by atoms with Gasteiger partial charge in [0.25, 0.3) is 5.69 Å². The third-order valence-corrected chi connectivity index (χ3v) is 2.00. The van der Waals surface area contributed by atoms with Crippen LogP contribution in [0.2, 0.25) is 0 Å². The first-order valence-electron chi connectivity index (χ1n) is 4.84. The standard InChI is InChI=1S/C10H12N2O4S/c1-7(17)11-10(13)16-6-8-4-2-3-5-9(8)12(14)15/h2-5,7,17H,6H2,1H3,(H,11,13). The summed E-state index contributed by atoms with van der Waals surface area (Å²) in [6.07, 6.45) is -0.661. The molecule has 0 aromatic heterocycles. The minimum absolute atomic E-state index is 0.0702. The molecular weight excluding hydrogens is 244 g/mol. The molecule has 0 radical (unpaired) electrons. The van der Waals surface area contributed by atoms with Crippen molar-refractivity contribution in [2.75, 3.05) is 0 Å². The van der Waals surface area contributed by atoms with Gasteiger partial charge in [-0.25, -0.2) is 4.79 Å². The number of nitrogens with zero attached hydrogens (tertiary/aromatic N) is 1. The normalized spacial score (nSPS) is 11.6. The quantitative estimate of drug-likeness (QED) is 0.374. The number of alkyl carbamates (subject to hydrolysis) is 1. The summed E-state index contributed by atoms with van der Waals surface area (Å²) in [7, 11) is 0. The topological polar surface area (TPSA) is 81.5 Å². The van der Waals surface area contributed by atoms with E-state index >= 15 is 0 Å². The van der Waals surface area contributed by atoms with E-state index < -0.39 is 11.0 Å². The van der Waals surface area contributed by atoms with Gasteiger partial charge in [0.15, 0.2) is 0 Å². The van der Waals surface area contributed by atoms with Crippen LogP contribution >= 0.6 is 12.6 Å². The van der Waals surface area contributed by atoms with Gasteiger partial charge >= 0.3 is 6.09 Å². The molecule has 0 bridgehead atoms. The highest BCUT2D eigenvalue weighted by molar-refractivity contribution is 7.80. The van der Waals surface area contributed by atoms with Gasteiger partial charge in [0, 0.05) is 6.07 Å². The zero-order valence-corrected chi connectivity index (χ0v) is 10.0. The minimum Gasteiger partial charge on any atom is -0.444 e. The van der Waals surface area contributed by atoms with E-state index in [-0.39, 0.29) is 17.7 Å². The van der Waals surface area contributed by atoms with E-state index in [0.29, 0.717) is 5.56 Å². The van der Waals surface area contributed by atoms with E-state index in [1.54, 1.807) is 19.1 Å². The van der Waals surface area contributed by atoms with Gasteiger partial charge in [-0.2, -0.15) is 12.6 Å². The lowest BCUT2D eigenvalue weighted by Crippen LogP contribution is -2.29. The molecule has 92 valence electrons. The lowest BCUT2D eigenvalue weighted by Gasteiger charge is -2.08. The number of nitro groups is 1. The van der Waals surface area contributed by atoms with Crippen LogP contribution in [0.1, 0.15) is 12.5 Å². The molecule has 1 rings (SSSR count). The Kier molecular flexibility index (Phi) is 4.77. The molecule has 1 N–H and O–H groups in total. The van der Waals surface area contributed by atoms with Crippen molar-refractivity contribution in [2.24, 2.45) is 0 Å². The number of ether oxygens (including phenoxy) is 1. The summed E-state index contributed by atoms with van der Waals surface area (Å²) in [4.78, 5) is 21.3. The van der Waals surface area contributed by atoms with Crippen molar-refractivity contribution in [2.45, 2.75) is 18.9 Å². The Balaban J connectivity index is 2.63. The molecule has 0 aliphatic heterocycles. The molecule has 0 aliphatic rings. The molecule has 6 nitrogen and oxygen atoms in total. The lowest BCUT2D eigenvalue weighted by atomic mass is 10.2. The molecule has 1 atom stereocenters.